The van der Waals surface area contributed by atoms with Crippen molar-refractivity contribution in [1.29, 1.82) is 5.26 Å². The number of primary amides is 1. The van der Waals surface area contributed by atoms with Crippen molar-refractivity contribution in [2.45, 2.75) is 129 Å². The average Bonchev–Trinajstić information content (AvgIpc) is 3.09. The third-order valence-corrected chi connectivity index (χ3v) is 12.3. The van der Waals surface area contributed by atoms with E-state index in [1.807, 2.05) is 36.4 Å². The van der Waals surface area contributed by atoms with Crippen LogP contribution in [-0.2, 0) is 39.3 Å². The molecule has 0 aliphatic heterocycles. The Morgan fingerprint density at radius 2 is 0.927 bits per heavy atom. The van der Waals surface area contributed by atoms with Crippen molar-refractivity contribution in [2.75, 3.05) is 0 Å². The smallest absolute Gasteiger partial charge is 0.870 e. The maximum Gasteiger partial charge on any atom is 1.00 e. The fourth-order valence-corrected chi connectivity index (χ4v) is 8.35. The third kappa shape index (κ3) is 9.81. The molecule has 5 heteroatoms. The predicted molar refractivity (Wildman–Crippen MR) is 226 cm³/mol. The Kier molecular flexibility index (Phi) is 14.3. The minimum absolute atomic E-state index is 0. The molecule has 2 aliphatic rings. The molecule has 3 N–H and O–H groups in total. The van der Waals surface area contributed by atoms with Crippen molar-refractivity contribution in [2.24, 2.45) is 5.73 Å². The molecule has 0 aromatic heterocycles. The number of aryl methyl sites for hydroxylation is 2. The monoisotopic (exact) mass is 744 g/mol. The topological polar surface area (TPSA) is 96.9 Å². The van der Waals surface area contributed by atoms with Gasteiger partial charge in [-0.1, -0.05) is 141 Å². The molecule has 6 rings (SSSR count). The zero-order chi connectivity index (χ0) is 39.1. The Labute approximate surface area is 353 Å². The third-order valence-electron chi connectivity index (χ3n) is 12.3. The van der Waals surface area contributed by atoms with E-state index < -0.39 is 0 Å². The molecule has 55 heavy (non-hydrogen) atoms. The Bertz CT molecular complexity index is 2110. The number of fused-ring (bicyclic) bond motifs is 2. The SMILES string of the molecule is C=C(c1ccc(CC#N)cc1)c1cc2c(cc1C)C(C)(C)CCC2(C)C.C=C(c1ccc(CC(N)=O)cc1)c1cc2c(cc1C)C(C)(C)CCC2(C)C.[Na+].[OH-]. The Balaban J connectivity index is 0.000000285. The summed E-state index contributed by atoms with van der Waals surface area (Å²) >= 11 is 0. The molecule has 0 unspecified atom stereocenters. The van der Waals surface area contributed by atoms with Gasteiger partial charge in [0.05, 0.1) is 18.9 Å². The zero-order valence-corrected chi connectivity index (χ0v) is 37.5. The molecule has 284 valence electrons. The molecule has 0 spiro atoms. The van der Waals surface area contributed by atoms with E-state index in [0.717, 1.165) is 33.4 Å². The largest absolute Gasteiger partial charge is 1.00 e. The number of nitriles is 1. The van der Waals surface area contributed by atoms with Gasteiger partial charge in [-0.15, -0.1) is 0 Å². The van der Waals surface area contributed by atoms with Crippen molar-refractivity contribution in [3.05, 3.63) is 153 Å². The van der Waals surface area contributed by atoms with Crippen molar-refractivity contribution in [3.8, 4) is 6.07 Å². The van der Waals surface area contributed by atoms with Gasteiger partial charge in [-0.3, -0.25) is 4.79 Å². The van der Waals surface area contributed by atoms with Crippen LogP contribution >= 0.6 is 0 Å². The molecule has 0 saturated carbocycles. The maximum atomic E-state index is 11.1. The van der Waals surface area contributed by atoms with E-state index in [0.29, 0.717) is 6.42 Å². The fraction of sp³-hybridized carbons (Fsp3) is 0.400. The first-order valence-corrected chi connectivity index (χ1v) is 19.2. The number of hydrogen-bond donors (Lipinski definition) is 1. The number of benzene rings is 4. The van der Waals surface area contributed by atoms with Gasteiger partial charge < -0.3 is 11.2 Å². The van der Waals surface area contributed by atoms with Gasteiger partial charge in [0.25, 0.3) is 0 Å². The van der Waals surface area contributed by atoms with Crippen molar-refractivity contribution in [3.63, 3.8) is 0 Å². The molecule has 4 aromatic rings. The molecule has 0 saturated heterocycles. The van der Waals surface area contributed by atoms with E-state index in [2.05, 4.69) is 125 Å². The van der Waals surface area contributed by atoms with Gasteiger partial charge in [-0.05, 0) is 139 Å². The summed E-state index contributed by atoms with van der Waals surface area (Å²) < 4.78 is 0. The minimum Gasteiger partial charge on any atom is -0.870 e. The molecule has 0 bridgehead atoms. The Morgan fingerprint density at radius 3 is 1.24 bits per heavy atom. The van der Waals surface area contributed by atoms with Gasteiger partial charge in [0, 0.05) is 0 Å². The standard InChI is InChI=1S/C25H31NO.C25H29N.Na.H2O/c1-16-13-21-22(25(5,6)12-11-24(21,3)4)15-20(16)17(2)19-9-7-18(8-10-19)14-23(26)27;1-17-15-22-23(25(5,6)13-12-24(22,3)4)16-21(17)18(2)20-9-7-19(8-10-20)11-14-26;;/h7-10,13,15H,2,11-12,14H2,1,3-6H3,(H2,26,27);7-10,15-16H,2,11-13H2,1,3-6H3;;1H2/q;;+1;/p-1. The molecule has 4 nitrogen and oxygen atoms in total. The molecular weight excluding hydrogens is 684 g/mol. The molecule has 0 fully saturated rings. The first-order chi connectivity index (χ1) is 24.7. The van der Waals surface area contributed by atoms with Gasteiger partial charge in [-0.2, -0.15) is 5.26 Å². The summed E-state index contributed by atoms with van der Waals surface area (Å²) in [5.41, 5.74) is 23.3. The first kappa shape index (κ1) is 45.7. The molecule has 0 atom stereocenters. The van der Waals surface area contributed by atoms with E-state index in [9.17, 15) is 4.79 Å². The predicted octanol–water partition coefficient (Wildman–Crippen LogP) is 8.73. The van der Waals surface area contributed by atoms with Crippen LogP contribution in [0.1, 0.15) is 148 Å². The number of hydrogen-bond acceptors (Lipinski definition) is 3. The Hall–Kier alpha value is -3.72. The van der Waals surface area contributed by atoms with Crippen LogP contribution < -0.4 is 35.3 Å². The second-order valence-electron chi connectivity index (χ2n) is 18.3. The second kappa shape index (κ2) is 17.2. The zero-order valence-electron chi connectivity index (χ0n) is 35.5. The first-order valence-electron chi connectivity index (χ1n) is 19.2. The van der Waals surface area contributed by atoms with E-state index in [4.69, 9.17) is 11.0 Å². The van der Waals surface area contributed by atoms with E-state index >= 15 is 0 Å². The van der Waals surface area contributed by atoms with Crippen molar-refractivity contribution < 1.29 is 39.8 Å². The number of nitrogens with two attached hydrogens (primary N) is 1. The normalized spacial score (nSPS) is 16.6. The van der Waals surface area contributed by atoms with E-state index in [1.54, 1.807) is 0 Å². The average molecular weight is 745 g/mol. The van der Waals surface area contributed by atoms with Crippen LogP contribution in [0.4, 0.5) is 0 Å². The number of rotatable bonds is 7. The van der Waals surface area contributed by atoms with Crippen LogP contribution in [0.2, 0.25) is 0 Å². The summed E-state index contributed by atoms with van der Waals surface area (Å²) in [5, 5.41) is 8.85. The summed E-state index contributed by atoms with van der Waals surface area (Å²) in [6, 6.07) is 28.0. The van der Waals surface area contributed by atoms with Gasteiger partial charge in [-0.25, -0.2) is 0 Å². The number of nitrogens with zero attached hydrogens (tertiary/aromatic N) is 1. The molecular formula is C50H61N2NaO2. The van der Waals surface area contributed by atoms with E-state index in [1.165, 1.54) is 70.2 Å². The fourth-order valence-electron chi connectivity index (χ4n) is 8.35. The minimum atomic E-state index is -0.308. The number of carbonyl (C=O) groups is 1. The van der Waals surface area contributed by atoms with Crippen LogP contribution in [0.3, 0.4) is 0 Å². The molecule has 4 aromatic carbocycles. The van der Waals surface area contributed by atoms with Gasteiger partial charge in [0.1, 0.15) is 0 Å². The van der Waals surface area contributed by atoms with Crippen molar-refractivity contribution >= 4 is 17.1 Å². The van der Waals surface area contributed by atoms with Crippen LogP contribution in [0.5, 0.6) is 0 Å². The molecule has 2 aliphatic carbocycles. The molecule has 1 amide bonds. The quantitative estimate of drug-likeness (QED) is 0.192. The van der Waals surface area contributed by atoms with Crippen LogP contribution in [-0.4, -0.2) is 11.4 Å². The molecule has 0 heterocycles. The summed E-state index contributed by atoms with van der Waals surface area (Å²) in [6.45, 7) is 32.0. The summed E-state index contributed by atoms with van der Waals surface area (Å²) in [7, 11) is 0. The molecule has 0 radical (unpaired) electrons. The maximum absolute atomic E-state index is 11.1. The van der Waals surface area contributed by atoms with Crippen LogP contribution in [0, 0.1) is 25.2 Å². The Morgan fingerprint density at radius 1 is 0.618 bits per heavy atom. The van der Waals surface area contributed by atoms with Crippen molar-refractivity contribution in [1.82, 2.24) is 0 Å². The van der Waals surface area contributed by atoms with Crippen LogP contribution in [0.25, 0.3) is 11.1 Å². The van der Waals surface area contributed by atoms with Crippen LogP contribution in [0.15, 0.2) is 86.0 Å². The number of amides is 1. The summed E-state index contributed by atoms with van der Waals surface area (Å²) in [4.78, 5) is 11.1. The number of carbonyl (C=O) groups excluding carboxylic acids is 1. The van der Waals surface area contributed by atoms with Gasteiger partial charge >= 0.3 is 29.6 Å². The van der Waals surface area contributed by atoms with E-state index in [-0.39, 0.29) is 69.0 Å². The summed E-state index contributed by atoms with van der Waals surface area (Å²) in [5.74, 6) is -0.308. The summed E-state index contributed by atoms with van der Waals surface area (Å²) in [6.07, 6.45) is 5.58. The second-order valence-corrected chi connectivity index (χ2v) is 18.3. The van der Waals surface area contributed by atoms with Gasteiger partial charge in [0.2, 0.25) is 5.91 Å². The van der Waals surface area contributed by atoms with Gasteiger partial charge in [0.15, 0.2) is 0 Å².